The fourth-order valence-corrected chi connectivity index (χ4v) is 6.37. The summed E-state index contributed by atoms with van der Waals surface area (Å²) in [5, 5.41) is -0.556. The van der Waals surface area contributed by atoms with E-state index in [1.54, 1.807) is 31.4 Å². The highest BCUT2D eigenvalue weighted by molar-refractivity contribution is 7.92. The highest BCUT2D eigenvalue weighted by atomic mass is 32.2. The van der Waals surface area contributed by atoms with E-state index in [-0.39, 0.29) is 12.5 Å². The van der Waals surface area contributed by atoms with Gasteiger partial charge >= 0.3 is 0 Å². The highest BCUT2D eigenvalue weighted by Gasteiger charge is 2.70. The first-order chi connectivity index (χ1) is 12.0. The van der Waals surface area contributed by atoms with Gasteiger partial charge < -0.3 is 10.5 Å². The zero-order chi connectivity index (χ0) is 18.1. The van der Waals surface area contributed by atoms with Crippen LogP contribution in [0.15, 0.2) is 59.5 Å². The van der Waals surface area contributed by atoms with Crippen molar-refractivity contribution >= 4 is 9.84 Å². The number of rotatable bonds is 7. The summed E-state index contributed by atoms with van der Waals surface area (Å²) in [5.74, 6) is -0.145. The molecule has 0 heterocycles. The van der Waals surface area contributed by atoms with E-state index < -0.39 is 20.5 Å². The summed E-state index contributed by atoms with van der Waals surface area (Å²) in [7, 11) is -1.88. The fourth-order valence-electron chi connectivity index (χ4n) is 3.91. The standard InChI is InChI=1S/C20H25NO3S/c1-3-15-9-11-16(12-10-15)18-19(20(18,13-21)14-24-2)25(22,23)17-7-5-4-6-8-17/h4-12,18-19H,3,13-14,21H2,1-2H3/t18-,19-,20-/m0/s1. The Bertz CT molecular complexity index is 818. The molecule has 2 aromatic rings. The molecular formula is C20H25NO3S. The minimum atomic E-state index is -3.48. The number of aryl methyl sites for hydroxylation is 1. The van der Waals surface area contributed by atoms with Crippen LogP contribution < -0.4 is 5.73 Å². The Morgan fingerprint density at radius 2 is 1.72 bits per heavy atom. The molecule has 0 aromatic heterocycles. The topological polar surface area (TPSA) is 69.4 Å². The van der Waals surface area contributed by atoms with Crippen molar-refractivity contribution in [2.75, 3.05) is 20.3 Å². The van der Waals surface area contributed by atoms with Crippen LogP contribution in [-0.4, -0.2) is 33.9 Å². The van der Waals surface area contributed by atoms with Crippen LogP contribution in [0.1, 0.15) is 24.0 Å². The van der Waals surface area contributed by atoms with Crippen molar-refractivity contribution in [3.05, 3.63) is 65.7 Å². The minimum Gasteiger partial charge on any atom is -0.384 e. The first-order valence-electron chi connectivity index (χ1n) is 8.58. The molecule has 5 heteroatoms. The predicted octanol–water partition coefficient (Wildman–Crippen LogP) is 2.78. The molecule has 25 heavy (non-hydrogen) atoms. The molecule has 1 aliphatic rings. The van der Waals surface area contributed by atoms with E-state index in [4.69, 9.17) is 10.5 Å². The van der Waals surface area contributed by atoms with Crippen LogP contribution in [0, 0.1) is 5.41 Å². The number of ether oxygens (including phenoxy) is 1. The van der Waals surface area contributed by atoms with Crippen molar-refractivity contribution in [1.29, 1.82) is 0 Å². The Morgan fingerprint density at radius 3 is 2.24 bits per heavy atom. The SMILES string of the molecule is CCc1ccc([C@H]2[C@H](S(=O)(=O)c3ccccc3)[C@@]2(CN)COC)cc1. The van der Waals surface area contributed by atoms with Crippen molar-refractivity contribution in [3.63, 3.8) is 0 Å². The van der Waals surface area contributed by atoms with Crippen LogP contribution in [0.25, 0.3) is 0 Å². The summed E-state index contributed by atoms with van der Waals surface area (Å²) >= 11 is 0. The van der Waals surface area contributed by atoms with E-state index in [1.807, 2.05) is 18.2 Å². The lowest BCUT2D eigenvalue weighted by Gasteiger charge is -2.15. The van der Waals surface area contributed by atoms with Crippen LogP contribution in [0.5, 0.6) is 0 Å². The molecule has 3 rings (SSSR count). The molecular weight excluding hydrogens is 334 g/mol. The third-order valence-electron chi connectivity index (χ3n) is 5.33. The number of benzene rings is 2. The first-order valence-corrected chi connectivity index (χ1v) is 10.1. The van der Waals surface area contributed by atoms with Gasteiger partial charge in [-0.3, -0.25) is 0 Å². The first kappa shape index (κ1) is 18.1. The molecule has 1 saturated carbocycles. The molecule has 0 aliphatic heterocycles. The Labute approximate surface area is 149 Å². The molecule has 3 atom stereocenters. The molecule has 0 bridgehead atoms. The van der Waals surface area contributed by atoms with E-state index in [1.165, 1.54) is 5.56 Å². The summed E-state index contributed by atoms with van der Waals surface area (Å²) in [4.78, 5) is 0.349. The van der Waals surface area contributed by atoms with Crippen LogP contribution >= 0.6 is 0 Å². The summed E-state index contributed by atoms with van der Waals surface area (Å²) in [6, 6.07) is 16.8. The smallest absolute Gasteiger partial charge is 0.182 e. The van der Waals surface area contributed by atoms with E-state index in [0.29, 0.717) is 11.5 Å². The van der Waals surface area contributed by atoms with E-state index in [0.717, 1.165) is 12.0 Å². The van der Waals surface area contributed by atoms with Gasteiger partial charge in [0.2, 0.25) is 0 Å². The normalized spacial score (nSPS) is 25.7. The second-order valence-corrected chi connectivity index (χ2v) is 8.79. The van der Waals surface area contributed by atoms with E-state index in [9.17, 15) is 8.42 Å². The summed E-state index contributed by atoms with van der Waals surface area (Å²) < 4.78 is 31.9. The van der Waals surface area contributed by atoms with Crippen molar-refractivity contribution in [2.24, 2.45) is 11.1 Å². The van der Waals surface area contributed by atoms with E-state index in [2.05, 4.69) is 19.1 Å². The zero-order valence-electron chi connectivity index (χ0n) is 14.7. The fraction of sp³-hybridized carbons (Fsp3) is 0.400. The molecule has 0 spiro atoms. The average Bonchev–Trinajstić information content (AvgIpc) is 3.32. The minimum absolute atomic E-state index is 0.145. The van der Waals surface area contributed by atoms with Gasteiger partial charge in [0.05, 0.1) is 16.8 Å². The van der Waals surface area contributed by atoms with Gasteiger partial charge in [0.15, 0.2) is 9.84 Å². The molecule has 4 nitrogen and oxygen atoms in total. The average molecular weight is 359 g/mol. The summed E-state index contributed by atoms with van der Waals surface area (Å²) in [5.41, 5.74) is 7.74. The maximum absolute atomic E-state index is 13.2. The van der Waals surface area contributed by atoms with Crippen molar-refractivity contribution in [3.8, 4) is 0 Å². The predicted molar refractivity (Wildman–Crippen MR) is 99.3 cm³/mol. The Kier molecular flexibility index (Phi) is 5.00. The second-order valence-electron chi connectivity index (χ2n) is 6.72. The number of sulfone groups is 1. The summed E-state index contributed by atoms with van der Waals surface area (Å²) in [6.07, 6.45) is 0.955. The number of nitrogens with two attached hydrogens (primary N) is 1. The molecule has 134 valence electrons. The zero-order valence-corrected chi connectivity index (χ0v) is 15.5. The molecule has 0 unspecified atom stereocenters. The van der Waals surface area contributed by atoms with Gasteiger partial charge in [0, 0.05) is 25.0 Å². The van der Waals surface area contributed by atoms with Gasteiger partial charge in [0.1, 0.15) is 0 Å². The molecule has 2 N–H and O–H groups in total. The number of hydrogen-bond acceptors (Lipinski definition) is 4. The Balaban J connectivity index is 2.03. The number of methoxy groups -OCH3 is 1. The quantitative estimate of drug-likeness (QED) is 0.825. The lowest BCUT2D eigenvalue weighted by molar-refractivity contribution is 0.142. The maximum atomic E-state index is 13.2. The largest absolute Gasteiger partial charge is 0.384 e. The van der Waals surface area contributed by atoms with Crippen LogP contribution in [-0.2, 0) is 21.0 Å². The summed E-state index contributed by atoms with van der Waals surface area (Å²) in [6.45, 7) is 2.71. The number of hydrogen-bond donors (Lipinski definition) is 1. The van der Waals surface area contributed by atoms with Crippen LogP contribution in [0.3, 0.4) is 0 Å². The lowest BCUT2D eigenvalue weighted by Crippen LogP contribution is -2.28. The molecule has 1 fully saturated rings. The Morgan fingerprint density at radius 1 is 1.08 bits per heavy atom. The van der Waals surface area contributed by atoms with Crippen molar-refractivity contribution in [2.45, 2.75) is 29.4 Å². The lowest BCUT2D eigenvalue weighted by atomic mass is 9.99. The third kappa shape index (κ3) is 3.01. The second kappa shape index (κ2) is 6.90. The molecule has 0 saturated heterocycles. The highest BCUT2D eigenvalue weighted by Crippen LogP contribution is 2.63. The molecule has 0 amide bonds. The van der Waals surface area contributed by atoms with Gasteiger partial charge in [-0.1, -0.05) is 49.4 Å². The maximum Gasteiger partial charge on any atom is 0.182 e. The van der Waals surface area contributed by atoms with Crippen LogP contribution in [0.4, 0.5) is 0 Å². The van der Waals surface area contributed by atoms with Crippen molar-refractivity contribution in [1.82, 2.24) is 0 Å². The van der Waals surface area contributed by atoms with Crippen LogP contribution in [0.2, 0.25) is 0 Å². The molecule has 0 radical (unpaired) electrons. The van der Waals surface area contributed by atoms with Gasteiger partial charge in [0.25, 0.3) is 0 Å². The van der Waals surface area contributed by atoms with Gasteiger partial charge in [-0.05, 0) is 29.7 Å². The van der Waals surface area contributed by atoms with Gasteiger partial charge in [-0.25, -0.2) is 8.42 Å². The van der Waals surface area contributed by atoms with Crippen molar-refractivity contribution < 1.29 is 13.2 Å². The molecule has 1 aliphatic carbocycles. The van der Waals surface area contributed by atoms with Gasteiger partial charge in [-0.2, -0.15) is 0 Å². The Hall–Kier alpha value is -1.69. The third-order valence-corrected chi connectivity index (χ3v) is 7.67. The van der Waals surface area contributed by atoms with Gasteiger partial charge in [-0.15, -0.1) is 0 Å². The van der Waals surface area contributed by atoms with E-state index >= 15 is 0 Å². The monoisotopic (exact) mass is 359 g/mol. The molecule has 2 aromatic carbocycles.